The lowest BCUT2D eigenvalue weighted by Gasteiger charge is -2.07. The number of hydrogen-bond donors (Lipinski definition) is 3. The molecule has 3 N–H and O–H groups in total. The van der Waals surface area contributed by atoms with Crippen molar-refractivity contribution in [1.82, 2.24) is 9.97 Å². The van der Waals surface area contributed by atoms with E-state index in [1.807, 2.05) is 0 Å². The number of aromatic nitrogens is 2. The average molecular weight is 293 g/mol. The van der Waals surface area contributed by atoms with Gasteiger partial charge in [-0.25, -0.2) is 4.98 Å². The minimum atomic E-state index is -0.238. The molecule has 0 aliphatic carbocycles. The first-order chi connectivity index (χ1) is 9.61. The summed E-state index contributed by atoms with van der Waals surface area (Å²) in [6.45, 7) is 1.43. The van der Waals surface area contributed by atoms with Crippen molar-refractivity contribution in [1.29, 1.82) is 0 Å². The second kappa shape index (κ2) is 6.31. The molecule has 2 rings (SSSR count). The Hall–Kier alpha value is -2.18. The molecule has 6 nitrogen and oxygen atoms in total. The SMILES string of the molecule is Cc1ncc(CO)c(/C=N\Nc2cccc(Cl)n2)c1O. The van der Waals surface area contributed by atoms with Crippen LogP contribution in [0, 0.1) is 6.92 Å². The van der Waals surface area contributed by atoms with E-state index in [1.165, 1.54) is 12.4 Å². The van der Waals surface area contributed by atoms with Crippen LogP contribution in [0.15, 0.2) is 29.5 Å². The summed E-state index contributed by atoms with van der Waals surface area (Å²) >= 11 is 5.75. The van der Waals surface area contributed by atoms with Gasteiger partial charge in [-0.05, 0) is 19.1 Å². The van der Waals surface area contributed by atoms with Crippen LogP contribution >= 0.6 is 11.6 Å². The predicted molar refractivity (Wildman–Crippen MR) is 77.0 cm³/mol. The van der Waals surface area contributed by atoms with E-state index in [2.05, 4.69) is 20.5 Å². The number of anilines is 1. The number of aromatic hydroxyl groups is 1. The number of aliphatic hydroxyl groups excluding tert-OH is 1. The summed E-state index contributed by atoms with van der Waals surface area (Å²) in [7, 11) is 0. The zero-order valence-corrected chi connectivity index (χ0v) is 11.5. The van der Waals surface area contributed by atoms with E-state index in [-0.39, 0.29) is 12.4 Å². The first kappa shape index (κ1) is 14.2. The summed E-state index contributed by atoms with van der Waals surface area (Å²) < 4.78 is 0. The molecule has 0 radical (unpaired) electrons. The fourth-order valence-electron chi connectivity index (χ4n) is 1.56. The summed E-state index contributed by atoms with van der Waals surface area (Å²) in [5, 5.41) is 23.5. The van der Waals surface area contributed by atoms with Crippen molar-refractivity contribution in [2.75, 3.05) is 5.43 Å². The van der Waals surface area contributed by atoms with E-state index < -0.39 is 0 Å². The van der Waals surface area contributed by atoms with Crippen molar-refractivity contribution < 1.29 is 10.2 Å². The number of halogens is 1. The van der Waals surface area contributed by atoms with Crippen LogP contribution in [0.25, 0.3) is 0 Å². The Morgan fingerprint density at radius 3 is 2.95 bits per heavy atom. The van der Waals surface area contributed by atoms with E-state index >= 15 is 0 Å². The molecule has 0 aliphatic rings. The van der Waals surface area contributed by atoms with Crippen LogP contribution < -0.4 is 5.43 Å². The van der Waals surface area contributed by atoms with Gasteiger partial charge in [-0.1, -0.05) is 17.7 Å². The van der Waals surface area contributed by atoms with Gasteiger partial charge in [-0.15, -0.1) is 0 Å². The predicted octanol–water partition coefficient (Wildman–Crippen LogP) is 2.08. The summed E-state index contributed by atoms with van der Waals surface area (Å²) in [6, 6.07) is 5.09. The van der Waals surface area contributed by atoms with Crippen molar-refractivity contribution in [3.05, 3.63) is 46.4 Å². The monoisotopic (exact) mass is 292 g/mol. The fourth-order valence-corrected chi connectivity index (χ4v) is 1.72. The van der Waals surface area contributed by atoms with Crippen molar-refractivity contribution in [2.24, 2.45) is 5.10 Å². The molecule has 0 bridgehead atoms. The number of pyridine rings is 2. The molecule has 0 spiro atoms. The lowest BCUT2D eigenvalue weighted by molar-refractivity contribution is 0.280. The van der Waals surface area contributed by atoms with E-state index in [4.69, 9.17) is 11.6 Å². The fraction of sp³-hybridized carbons (Fsp3) is 0.154. The Labute approximate surface area is 120 Å². The number of aliphatic hydroxyl groups is 1. The van der Waals surface area contributed by atoms with Crippen LogP contribution in [-0.4, -0.2) is 26.4 Å². The zero-order chi connectivity index (χ0) is 14.5. The van der Waals surface area contributed by atoms with Crippen molar-refractivity contribution in [3.63, 3.8) is 0 Å². The molecule has 7 heteroatoms. The van der Waals surface area contributed by atoms with Gasteiger partial charge in [-0.3, -0.25) is 10.4 Å². The topological polar surface area (TPSA) is 90.6 Å². The normalized spacial score (nSPS) is 10.9. The van der Waals surface area contributed by atoms with E-state index in [9.17, 15) is 10.2 Å². The van der Waals surface area contributed by atoms with Gasteiger partial charge in [0.1, 0.15) is 16.7 Å². The van der Waals surface area contributed by atoms with E-state index in [0.29, 0.717) is 27.8 Å². The van der Waals surface area contributed by atoms with Gasteiger partial charge in [-0.2, -0.15) is 5.10 Å². The molecule has 2 aromatic rings. The largest absolute Gasteiger partial charge is 0.505 e. The highest BCUT2D eigenvalue weighted by atomic mass is 35.5. The molecule has 0 unspecified atom stereocenters. The van der Waals surface area contributed by atoms with Crippen LogP contribution in [0.4, 0.5) is 5.82 Å². The van der Waals surface area contributed by atoms with Crippen molar-refractivity contribution in [2.45, 2.75) is 13.5 Å². The summed E-state index contributed by atoms with van der Waals surface area (Å²) in [5.74, 6) is 0.464. The van der Waals surface area contributed by atoms with Gasteiger partial charge in [0.25, 0.3) is 0 Å². The van der Waals surface area contributed by atoms with Crippen molar-refractivity contribution in [3.8, 4) is 5.75 Å². The molecule has 2 heterocycles. The summed E-state index contributed by atoms with van der Waals surface area (Å²) in [4.78, 5) is 7.97. The van der Waals surface area contributed by atoms with E-state index in [1.54, 1.807) is 25.1 Å². The third-order valence-electron chi connectivity index (χ3n) is 2.62. The second-order valence-electron chi connectivity index (χ2n) is 4.00. The highest BCUT2D eigenvalue weighted by Crippen LogP contribution is 2.22. The minimum Gasteiger partial charge on any atom is -0.505 e. The number of nitrogens with one attached hydrogen (secondary N) is 1. The van der Waals surface area contributed by atoms with Crippen LogP contribution in [0.3, 0.4) is 0 Å². The van der Waals surface area contributed by atoms with Crippen LogP contribution in [0.1, 0.15) is 16.8 Å². The second-order valence-corrected chi connectivity index (χ2v) is 4.39. The Morgan fingerprint density at radius 1 is 1.45 bits per heavy atom. The Bertz CT molecular complexity index is 646. The molecule has 2 aromatic heterocycles. The standard InChI is InChI=1S/C13H13ClN4O2/c1-8-13(20)10(9(7-19)5-15-8)6-16-18-12-4-2-3-11(14)17-12/h2-6,19-20H,7H2,1H3,(H,17,18)/b16-6-. The number of aryl methyl sites for hydroxylation is 1. The highest BCUT2D eigenvalue weighted by Gasteiger charge is 2.09. The molecule has 0 saturated carbocycles. The van der Waals surface area contributed by atoms with Gasteiger partial charge in [0.05, 0.1) is 18.5 Å². The maximum Gasteiger partial charge on any atom is 0.147 e. The van der Waals surface area contributed by atoms with Crippen LogP contribution in [0.5, 0.6) is 5.75 Å². The number of nitrogens with zero attached hydrogens (tertiary/aromatic N) is 3. The summed E-state index contributed by atoms with van der Waals surface area (Å²) in [5.41, 5.74) is 4.05. The maximum absolute atomic E-state index is 9.92. The smallest absolute Gasteiger partial charge is 0.147 e. The quantitative estimate of drug-likeness (QED) is 0.456. The Balaban J connectivity index is 2.21. The van der Waals surface area contributed by atoms with Gasteiger partial charge in [0, 0.05) is 17.3 Å². The van der Waals surface area contributed by atoms with Crippen molar-refractivity contribution >= 4 is 23.6 Å². The third kappa shape index (κ3) is 3.23. The number of hydrogen-bond acceptors (Lipinski definition) is 6. The molecule has 20 heavy (non-hydrogen) atoms. The number of rotatable bonds is 4. The van der Waals surface area contributed by atoms with Gasteiger partial charge >= 0.3 is 0 Å². The molecule has 0 aliphatic heterocycles. The van der Waals surface area contributed by atoms with Gasteiger partial charge in [0.15, 0.2) is 0 Å². The first-order valence-corrected chi connectivity index (χ1v) is 6.19. The molecule has 0 saturated heterocycles. The molecule has 0 atom stereocenters. The molecule has 0 amide bonds. The molecular weight excluding hydrogens is 280 g/mol. The molecule has 0 aromatic carbocycles. The lowest BCUT2D eigenvalue weighted by Crippen LogP contribution is -2.00. The van der Waals surface area contributed by atoms with E-state index in [0.717, 1.165) is 0 Å². The maximum atomic E-state index is 9.92. The van der Waals surface area contributed by atoms with Crippen LogP contribution in [0.2, 0.25) is 5.15 Å². The average Bonchev–Trinajstić information content (AvgIpc) is 2.44. The first-order valence-electron chi connectivity index (χ1n) is 5.81. The van der Waals surface area contributed by atoms with Crippen LogP contribution in [-0.2, 0) is 6.61 Å². The molecule has 0 fully saturated rings. The lowest BCUT2D eigenvalue weighted by atomic mass is 10.1. The molecule has 104 valence electrons. The Morgan fingerprint density at radius 2 is 2.25 bits per heavy atom. The number of hydrazone groups is 1. The molecular formula is C13H13ClN4O2. The van der Waals surface area contributed by atoms with Gasteiger partial charge < -0.3 is 10.2 Å². The van der Waals surface area contributed by atoms with Gasteiger partial charge in [0.2, 0.25) is 0 Å². The highest BCUT2D eigenvalue weighted by molar-refractivity contribution is 6.29. The minimum absolute atomic E-state index is 0.0128. The Kier molecular flexibility index (Phi) is 4.49. The summed E-state index contributed by atoms with van der Waals surface area (Å²) in [6.07, 6.45) is 2.90. The third-order valence-corrected chi connectivity index (χ3v) is 2.83. The zero-order valence-electron chi connectivity index (χ0n) is 10.7.